The molecule has 1 saturated heterocycles. The van der Waals surface area contributed by atoms with Crippen molar-refractivity contribution in [2.45, 2.75) is 50.7 Å². The van der Waals surface area contributed by atoms with Gasteiger partial charge in [0, 0.05) is 23.5 Å². The first-order valence-electron chi connectivity index (χ1n) is 7.96. The highest BCUT2D eigenvalue weighted by Crippen LogP contribution is 2.32. The molecule has 130 valence electrons. The smallest absolute Gasteiger partial charge is 0.237 e. The van der Waals surface area contributed by atoms with Gasteiger partial charge in [-0.25, -0.2) is 0 Å². The number of amides is 1. The highest BCUT2D eigenvalue weighted by Gasteiger charge is 2.32. The van der Waals surface area contributed by atoms with Gasteiger partial charge >= 0.3 is 0 Å². The third-order valence-corrected chi connectivity index (χ3v) is 5.09. The molecule has 0 aromatic heterocycles. The van der Waals surface area contributed by atoms with E-state index in [0.717, 1.165) is 17.9 Å². The number of β-amino-alcohol motifs (C(OH)–C–C–N with tert-alkyl or cyclic N) is 1. The lowest BCUT2D eigenvalue weighted by Crippen LogP contribution is -2.46. The van der Waals surface area contributed by atoms with Crippen molar-refractivity contribution in [3.05, 3.63) is 34.9 Å². The van der Waals surface area contributed by atoms with Crippen LogP contribution in [0, 0.1) is 0 Å². The first-order chi connectivity index (χ1) is 10.5. The molecule has 0 radical (unpaired) electrons. The molecule has 2 rings (SSSR count). The Balaban J connectivity index is 0.00000264. The Bertz CT molecular complexity index is 504. The molecule has 1 fully saturated rings. The van der Waals surface area contributed by atoms with Gasteiger partial charge in [0.15, 0.2) is 0 Å². The summed E-state index contributed by atoms with van der Waals surface area (Å²) in [4.78, 5) is 12.2. The Morgan fingerprint density at radius 1 is 1.35 bits per heavy atom. The van der Waals surface area contributed by atoms with Crippen LogP contribution in [0.15, 0.2) is 24.3 Å². The van der Waals surface area contributed by atoms with Crippen LogP contribution in [-0.4, -0.2) is 36.2 Å². The highest BCUT2D eigenvalue weighted by atomic mass is 35.5. The molecular weight excluding hydrogens is 335 g/mol. The fraction of sp³-hybridized carbons (Fsp3) is 0.588. The molecule has 0 spiro atoms. The van der Waals surface area contributed by atoms with E-state index in [2.05, 4.69) is 24.5 Å². The van der Waals surface area contributed by atoms with Gasteiger partial charge in [0.2, 0.25) is 5.91 Å². The number of benzene rings is 1. The molecule has 1 aromatic carbocycles. The molecule has 0 saturated carbocycles. The number of carbonyl (C=O) groups excluding carboxylic acids is 1. The SMILES string of the molecule is CCC(CC)(CNC(=O)C1CC(O)CN1)c1ccc(Cl)cc1.Cl. The number of aliphatic hydroxyl groups is 1. The summed E-state index contributed by atoms with van der Waals surface area (Å²) < 4.78 is 0. The largest absolute Gasteiger partial charge is 0.392 e. The molecule has 1 heterocycles. The van der Waals surface area contributed by atoms with Crippen LogP contribution >= 0.6 is 24.0 Å². The Hall–Kier alpha value is -0.810. The number of aliphatic hydroxyl groups excluding tert-OH is 1. The van der Waals surface area contributed by atoms with E-state index in [1.807, 2.05) is 24.3 Å². The van der Waals surface area contributed by atoms with Crippen LogP contribution in [0.3, 0.4) is 0 Å². The standard InChI is InChI=1S/C17H25ClN2O2.ClH/c1-3-17(4-2,12-5-7-13(18)8-6-12)11-20-16(22)15-9-14(21)10-19-15;/h5-8,14-15,19,21H,3-4,9-11H2,1-2H3,(H,20,22);1H. The molecule has 0 aliphatic carbocycles. The van der Waals surface area contributed by atoms with Gasteiger partial charge < -0.3 is 15.7 Å². The molecule has 1 aliphatic heterocycles. The average Bonchev–Trinajstić information content (AvgIpc) is 2.96. The van der Waals surface area contributed by atoms with Gasteiger partial charge in [-0.05, 0) is 37.0 Å². The molecular formula is C17H26Cl2N2O2. The lowest BCUT2D eigenvalue weighted by molar-refractivity contribution is -0.123. The van der Waals surface area contributed by atoms with Gasteiger partial charge in [0.25, 0.3) is 0 Å². The van der Waals surface area contributed by atoms with Crippen LogP contribution in [0.2, 0.25) is 5.02 Å². The molecule has 23 heavy (non-hydrogen) atoms. The summed E-state index contributed by atoms with van der Waals surface area (Å²) in [7, 11) is 0. The second-order valence-electron chi connectivity index (χ2n) is 6.06. The van der Waals surface area contributed by atoms with Crippen LogP contribution in [-0.2, 0) is 10.2 Å². The zero-order valence-corrected chi connectivity index (χ0v) is 15.2. The fourth-order valence-corrected chi connectivity index (χ4v) is 3.24. The third kappa shape index (κ3) is 4.83. The van der Waals surface area contributed by atoms with Gasteiger partial charge in [-0.1, -0.05) is 37.6 Å². The second-order valence-corrected chi connectivity index (χ2v) is 6.50. The van der Waals surface area contributed by atoms with Crippen molar-refractivity contribution in [2.24, 2.45) is 0 Å². The number of nitrogens with one attached hydrogen (secondary N) is 2. The van der Waals surface area contributed by atoms with Crippen molar-refractivity contribution in [2.75, 3.05) is 13.1 Å². The predicted molar refractivity (Wildman–Crippen MR) is 96.4 cm³/mol. The molecule has 2 atom stereocenters. The highest BCUT2D eigenvalue weighted by molar-refractivity contribution is 6.30. The van der Waals surface area contributed by atoms with E-state index in [0.29, 0.717) is 19.5 Å². The summed E-state index contributed by atoms with van der Waals surface area (Å²) in [6.07, 6.45) is 1.94. The minimum absolute atomic E-state index is 0. The van der Waals surface area contributed by atoms with E-state index in [4.69, 9.17) is 11.6 Å². The topological polar surface area (TPSA) is 61.4 Å². The molecule has 4 nitrogen and oxygen atoms in total. The van der Waals surface area contributed by atoms with Crippen molar-refractivity contribution in [1.82, 2.24) is 10.6 Å². The van der Waals surface area contributed by atoms with Crippen LogP contribution in [0.4, 0.5) is 0 Å². The summed E-state index contributed by atoms with van der Waals surface area (Å²) in [5, 5.41) is 16.3. The Morgan fingerprint density at radius 2 is 1.96 bits per heavy atom. The lowest BCUT2D eigenvalue weighted by Gasteiger charge is -2.33. The Morgan fingerprint density at radius 3 is 2.43 bits per heavy atom. The maximum Gasteiger partial charge on any atom is 0.237 e. The number of hydrogen-bond donors (Lipinski definition) is 3. The summed E-state index contributed by atoms with van der Waals surface area (Å²) >= 11 is 5.97. The normalized spacial score (nSPS) is 20.9. The fourth-order valence-electron chi connectivity index (χ4n) is 3.11. The molecule has 0 bridgehead atoms. The minimum Gasteiger partial charge on any atom is -0.392 e. The van der Waals surface area contributed by atoms with Gasteiger partial charge in [0.05, 0.1) is 12.1 Å². The van der Waals surface area contributed by atoms with Crippen LogP contribution in [0.25, 0.3) is 0 Å². The van der Waals surface area contributed by atoms with Gasteiger partial charge in [0.1, 0.15) is 0 Å². The summed E-state index contributed by atoms with van der Waals surface area (Å²) in [6, 6.07) is 7.59. The van der Waals surface area contributed by atoms with E-state index in [-0.39, 0.29) is 29.8 Å². The van der Waals surface area contributed by atoms with E-state index >= 15 is 0 Å². The second kappa shape index (κ2) is 8.88. The Kier molecular flexibility index (Phi) is 7.81. The first-order valence-corrected chi connectivity index (χ1v) is 8.33. The Labute approximate surface area is 149 Å². The lowest BCUT2D eigenvalue weighted by atomic mass is 9.75. The predicted octanol–water partition coefficient (Wildman–Crippen LogP) is 2.66. The number of halogens is 2. The van der Waals surface area contributed by atoms with Crippen LogP contribution in [0.1, 0.15) is 38.7 Å². The zero-order valence-electron chi connectivity index (χ0n) is 13.6. The van der Waals surface area contributed by atoms with Crippen molar-refractivity contribution in [3.63, 3.8) is 0 Å². The summed E-state index contributed by atoms with van der Waals surface area (Å²) in [5.74, 6) is -0.0308. The maximum absolute atomic E-state index is 12.2. The van der Waals surface area contributed by atoms with Gasteiger partial charge in [-0.15, -0.1) is 12.4 Å². The average molecular weight is 361 g/mol. The minimum atomic E-state index is -0.422. The zero-order chi connectivity index (χ0) is 16.2. The monoisotopic (exact) mass is 360 g/mol. The van der Waals surface area contributed by atoms with Gasteiger partial charge in [-0.3, -0.25) is 4.79 Å². The van der Waals surface area contributed by atoms with E-state index in [9.17, 15) is 9.90 Å². The maximum atomic E-state index is 12.2. The van der Waals surface area contributed by atoms with Gasteiger partial charge in [-0.2, -0.15) is 0 Å². The molecule has 1 aromatic rings. The summed E-state index contributed by atoms with van der Waals surface area (Å²) in [6.45, 7) is 5.36. The first kappa shape index (κ1) is 20.2. The molecule has 2 unspecified atom stereocenters. The molecule has 1 aliphatic rings. The van der Waals surface area contributed by atoms with E-state index < -0.39 is 6.10 Å². The van der Waals surface area contributed by atoms with Crippen molar-refractivity contribution in [3.8, 4) is 0 Å². The number of carbonyl (C=O) groups is 1. The summed E-state index contributed by atoms with van der Waals surface area (Å²) in [5.41, 5.74) is 1.11. The van der Waals surface area contributed by atoms with Crippen molar-refractivity contribution < 1.29 is 9.90 Å². The van der Waals surface area contributed by atoms with E-state index in [1.54, 1.807) is 0 Å². The molecule has 3 N–H and O–H groups in total. The van der Waals surface area contributed by atoms with Crippen LogP contribution < -0.4 is 10.6 Å². The van der Waals surface area contributed by atoms with Crippen LogP contribution in [0.5, 0.6) is 0 Å². The molecule has 6 heteroatoms. The quantitative estimate of drug-likeness (QED) is 0.730. The third-order valence-electron chi connectivity index (χ3n) is 4.84. The number of rotatable bonds is 6. The molecule has 1 amide bonds. The van der Waals surface area contributed by atoms with Crippen molar-refractivity contribution >= 4 is 29.9 Å². The number of hydrogen-bond acceptors (Lipinski definition) is 3. The van der Waals surface area contributed by atoms with E-state index in [1.165, 1.54) is 5.56 Å². The van der Waals surface area contributed by atoms with Crippen molar-refractivity contribution in [1.29, 1.82) is 0 Å².